The Hall–Kier alpha value is -2.61. The smallest absolute Gasteiger partial charge is 0.243 e. The molecule has 2 heterocycles. The van der Waals surface area contributed by atoms with E-state index in [0.717, 1.165) is 28.0 Å². The summed E-state index contributed by atoms with van der Waals surface area (Å²) in [5.74, 6) is 2.19. The summed E-state index contributed by atoms with van der Waals surface area (Å²) in [4.78, 5) is 0. The summed E-state index contributed by atoms with van der Waals surface area (Å²) in [7, 11) is 3.32. The largest absolute Gasteiger partial charge is 0.497 e. The van der Waals surface area contributed by atoms with Crippen molar-refractivity contribution in [1.82, 2.24) is 20.2 Å². The summed E-state index contributed by atoms with van der Waals surface area (Å²) in [5, 5.41) is 15.6. The van der Waals surface area contributed by atoms with Crippen LogP contribution in [-0.2, 0) is 0 Å². The van der Waals surface area contributed by atoms with Crippen molar-refractivity contribution >= 4 is 21.9 Å². The van der Waals surface area contributed by atoms with Gasteiger partial charge in [0.05, 0.1) is 26.3 Å². The molecule has 0 aliphatic carbocycles. The molecule has 7 nitrogen and oxygen atoms in total. The minimum atomic E-state index is -0.0738. The van der Waals surface area contributed by atoms with Crippen LogP contribution in [0.2, 0.25) is 0 Å². The molecule has 1 N–H and O–H groups in total. The van der Waals surface area contributed by atoms with Gasteiger partial charge in [-0.3, -0.25) is 0 Å². The van der Waals surface area contributed by atoms with Crippen molar-refractivity contribution in [2.45, 2.75) is 18.5 Å². The topological polar surface area (TPSA) is 74.1 Å². The Morgan fingerprint density at radius 1 is 1.15 bits per heavy atom. The zero-order chi connectivity index (χ0) is 18.1. The second-order valence-electron chi connectivity index (χ2n) is 6.06. The van der Waals surface area contributed by atoms with Crippen LogP contribution >= 0.6 is 15.9 Å². The maximum Gasteiger partial charge on any atom is 0.243 e. The van der Waals surface area contributed by atoms with Gasteiger partial charge in [-0.05, 0) is 52.7 Å². The fourth-order valence-corrected chi connectivity index (χ4v) is 3.75. The van der Waals surface area contributed by atoms with Crippen LogP contribution in [0.15, 0.2) is 46.9 Å². The number of ether oxygens (including phenoxy) is 2. The van der Waals surface area contributed by atoms with Gasteiger partial charge in [0.15, 0.2) is 0 Å². The van der Waals surface area contributed by atoms with E-state index in [0.29, 0.717) is 5.95 Å². The maximum absolute atomic E-state index is 5.58. The minimum absolute atomic E-state index is 0.0738. The molecule has 0 fully saturated rings. The number of methoxy groups -OCH3 is 2. The monoisotopic (exact) mass is 415 g/mol. The van der Waals surface area contributed by atoms with Gasteiger partial charge in [0.1, 0.15) is 11.5 Å². The number of anilines is 1. The normalized spacial score (nSPS) is 18.7. The van der Waals surface area contributed by atoms with E-state index in [1.165, 1.54) is 5.56 Å². The molecule has 0 spiro atoms. The number of hydrogen-bond donors (Lipinski definition) is 1. The number of halogens is 1. The van der Waals surface area contributed by atoms with E-state index < -0.39 is 0 Å². The van der Waals surface area contributed by atoms with Crippen molar-refractivity contribution in [2.75, 3.05) is 19.5 Å². The van der Waals surface area contributed by atoms with Crippen LogP contribution in [0.4, 0.5) is 5.95 Å². The predicted molar refractivity (Wildman–Crippen MR) is 101 cm³/mol. The summed E-state index contributed by atoms with van der Waals surface area (Å²) in [6.07, 6.45) is 0.776. The molecule has 0 saturated carbocycles. The molecule has 0 amide bonds. The third kappa shape index (κ3) is 3.01. The molecular formula is C18H18BrN5O2. The highest BCUT2D eigenvalue weighted by Gasteiger charge is 2.32. The summed E-state index contributed by atoms with van der Waals surface area (Å²) in [6.45, 7) is 0. The van der Waals surface area contributed by atoms with Gasteiger partial charge in [0, 0.05) is 10.0 Å². The van der Waals surface area contributed by atoms with Gasteiger partial charge in [0.25, 0.3) is 0 Å². The van der Waals surface area contributed by atoms with Crippen LogP contribution in [0.25, 0.3) is 0 Å². The van der Waals surface area contributed by atoms with E-state index >= 15 is 0 Å². The van der Waals surface area contributed by atoms with Crippen LogP contribution in [0.1, 0.15) is 29.6 Å². The molecule has 0 saturated heterocycles. The zero-order valence-corrected chi connectivity index (χ0v) is 16.0. The van der Waals surface area contributed by atoms with Gasteiger partial charge in [-0.1, -0.05) is 33.2 Å². The lowest BCUT2D eigenvalue weighted by molar-refractivity contribution is 0.371. The van der Waals surface area contributed by atoms with Crippen LogP contribution in [-0.4, -0.2) is 34.4 Å². The van der Waals surface area contributed by atoms with Crippen LogP contribution in [0, 0.1) is 0 Å². The number of hydrogen-bond acceptors (Lipinski definition) is 6. The molecule has 0 bridgehead atoms. The SMILES string of the molecule is COc1ccc(OC)c(C2CC(c3cccc(Br)c3)Nc3nnnn32)c1. The Kier molecular flexibility index (Phi) is 4.50. The fraction of sp³-hybridized carbons (Fsp3) is 0.278. The Labute approximate surface area is 159 Å². The Bertz CT molecular complexity index is 929. The number of rotatable bonds is 4. The second kappa shape index (κ2) is 6.95. The molecule has 2 atom stereocenters. The average Bonchev–Trinajstić information content (AvgIpc) is 3.15. The summed E-state index contributed by atoms with van der Waals surface area (Å²) >= 11 is 3.54. The first-order valence-electron chi connectivity index (χ1n) is 8.21. The molecule has 2 unspecified atom stereocenters. The van der Waals surface area contributed by atoms with Crippen LogP contribution in [0.3, 0.4) is 0 Å². The highest BCUT2D eigenvalue weighted by atomic mass is 79.9. The van der Waals surface area contributed by atoms with Crippen molar-refractivity contribution in [3.05, 3.63) is 58.1 Å². The molecule has 134 valence electrons. The molecule has 2 aromatic carbocycles. The first kappa shape index (κ1) is 16.8. The van der Waals surface area contributed by atoms with E-state index in [9.17, 15) is 0 Å². The fourth-order valence-electron chi connectivity index (χ4n) is 3.34. The quantitative estimate of drug-likeness (QED) is 0.701. The molecular weight excluding hydrogens is 398 g/mol. The van der Waals surface area contributed by atoms with E-state index in [2.05, 4.69) is 48.9 Å². The van der Waals surface area contributed by atoms with Gasteiger partial charge >= 0.3 is 0 Å². The zero-order valence-electron chi connectivity index (χ0n) is 14.4. The summed E-state index contributed by atoms with van der Waals surface area (Å²) in [5.41, 5.74) is 2.15. The lowest BCUT2D eigenvalue weighted by Crippen LogP contribution is -2.28. The molecule has 0 radical (unpaired) electrons. The van der Waals surface area contributed by atoms with Gasteiger partial charge in [-0.2, -0.15) is 0 Å². The minimum Gasteiger partial charge on any atom is -0.497 e. The molecule has 1 aliphatic rings. The molecule has 8 heteroatoms. The Morgan fingerprint density at radius 3 is 2.81 bits per heavy atom. The number of benzene rings is 2. The summed E-state index contributed by atoms with van der Waals surface area (Å²) < 4.78 is 13.8. The van der Waals surface area contributed by atoms with Crippen LogP contribution in [0.5, 0.6) is 11.5 Å². The number of tetrazole rings is 1. The van der Waals surface area contributed by atoms with Gasteiger partial charge in [0.2, 0.25) is 5.95 Å². The number of nitrogens with zero attached hydrogens (tertiary/aromatic N) is 4. The van der Waals surface area contributed by atoms with E-state index in [1.54, 1.807) is 18.9 Å². The summed E-state index contributed by atoms with van der Waals surface area (Å²) in [6, 6.07) is 14.0. The lowest BCUT2D eigenvalue weighted by Gasteiger charge is -2.31. The highest BCUT2D eigenvalue weighted by molar-refractivity contribution is 9.10. The third-order valence-corrected chi connectivity index (χ3v) is 5.09. The van der Waals surface area contributed by atoms with E-state index in [-0.39, 0.29) is 12.1 Å². The van der Waals surface area contributed by atoms with Crippen molar-refractivity contribution in [1.29, 1.82) is 0 Å². The predicted octanol–water partition coefficient (Wildman–Crippen LogP) is 3.60. The molecule has 1 aliphatic heterocycles. The van der Waals surface area contributed by atoms with Gasteiger partial charge in [-0.25, -0.2) is 4.68 Å². The van der Waals surface area contributed by atoms with Crippen molar-refractivity contribution in [3.8, 4) is 11.5 Å². The number of nitrogens with one attached hydrogen (secondary N) is 1. The van der Waals surface area contributed by atoms with Gasteiger partial charge < -0.3 is 14.8 Å². The maximum atomic E-state index is 5.58. The highest BCUT2D eigenvalue weighted by Crippen LogP contribution is 2.41. The standard InChI is InChI=1S/C18H18BrN5O2/c1-25-13-6-7-17(26-2)14(9-13)16-10-15(11-4-3-5-12(19)8-11)20-18-21-22-23-24(16)18/h3-9,15-16H,10H2,1-2H3,(H,20,21,23). The molecule has 4 rings (SSSR count). The number of fused-ring (bicyclic) bond motifs is 1. The third-order valence-electron chi connectivity index (χ3n) is 4.60. The second-order valence-corrected chi connectivity index (χ2v) is 6.97. The molecule has 1 aromatic heterocycles. The van der Waals surface area contributed by atoms with E-state index in [1.807, 2.05) is 30.3 Å². The van der Waals surface area contributed by atoms with Crippen molar-refractivity contribution < 1.29 is 9.47 Å². The average molecular weight is 416 g/mol. The first-order chi connectivity index (χ1) is 12.7. The number of aromatic nitrogens is 4. The van der Waals surface area contributed by atoms with E-state index in [4.69, 9.17) is 9.47 Å². The molecule has 26 heavy (non-hydrogen) atoms. The first-order valence-corrected chi connectivity index (χ1v) is 9.00. The van der Waals surface area contributed by atoms with Crippen molar-refractivity contribution in [2.24, 2.45) is 0 Å². The van der Waals surface area contributed by atoms with Crippen LogP contribution < -0.4 is 14.8 Å². The molecule has 3 aromatic rings. The Balaban J connectivity index is 1.79. The van der Waals surface area contributed by atoms with Crippen molar-refractivity contribution in [3.63, 3.8) is 0 Å². The van der Waals surface area contributed by atoms with Gasteiger partial charge in [-0.15, -0.1) is 0 Å². The Morgan fingerprint density at radius 2 is 2.04 bits per heavy atom. The lowest BCUT2D eigenvalue weighted by atomic mass is 9.92.